The zero-order valence-corrected chi connectivity index (χ0v) is 20.9. The number of rotatable bonds is 9. The largest absolute Gasteiger partial charge is 0.467 e. The molecule has 2 aromatic carbocycles. The van der Waals surface area contributed by atoms with Gasteiger partial charge in [-0.2, -0.15) is 0 Å². The highest BCUT2D eigenvalue weighted by Gasteiger charge is 2.33. The summed E-state index contributed by atoms with van der Waals surface area (Å²) in [4.78, 5) is 41.8. The molecule has 2 heterocycles. The molecule has 1 atom stereocenters. The number of amides is 3. The van der Waals surface area contributed by atoms with Crippen molar-refractivity contribution in [3.8, 4) is 0 Å². The summed E-state index contributed by atoms with van der Waals surface area (Å²) in [6.45, 7) is 3.79. The lowest BCUT2D eigenvalue weighted by atomic mass is 10.0. The third-order valence-electron chi connectivity index (χ3n) is 5.61. The number of benzene rings is 2. The first-order valence-corrected chi connectivity index (χ1v) is 12.4. The third-order valence-corrected chi connectivity index (χ3v) is 6.48. The maximum absolute atomic E-state index is 13.7. The molecule has 0 spiro atoms. The number of anilines is 1. The van der Waals surface area contributed by atoms with Crippen molar-refractivity contribution in [2.45, 2.75) is 26.4 Å². The summed E-state index contributed by atoms with van der Waals surface area (Å²) >= 11 is 1.29. The molecule has 0 saturated carbocycles. The van der Waals surface area contributed by atoms with Gasteiger partial charge in [0.2, 0.25) is 11.8 Å². The van der Waals surface area contributed by atoms with Crippen LogP contribution in [0, 0.1) is 13.8 Å². The van der Waals surface area contributed by atoms with E-state index in [0.29, 0.717) is 21.9 Å². The summed E-state index contributed by atoms with van der Waals surface area (Å²) in [6, 6.07) is 20.9. The lowest BCUT2D eigenvalue weighted by Crippen LogP contribution is -2.47. The van der Waals surface area contributed by atoms with Crippen molar-refractivity contribution in [3.63, 3.8) is 0 Å². The highest BCUT2D eigenvalue weighted by atomic mass is 32.1. The van der Waals surface area contributed by atoms with Gasteiger partial charge in [0.15, 0.2) is 0 Å². The average molecular weight is 502 g/mol. The van der Waals surface area contributed by atoms with Crippen molar-refractivity contribution >= 4 is 34.7 Å². The highest BCUT2D eigenvalue weighted by molar-refractivity contribution is 7.12. The molecule has 4 rings (SSSR count). The standard InChI is InChI=1S/C28H27N3O4S/c1-19-10-12-21(13-11-19)26(28(34)29-17-23-8-4-14-35-23)31(22-7-3-6-20(2)16-22)25(32)18-30-27(33)24-9-5-15-36-24/h3-16,26H,17-18H2,1-2H3,(H,29,34)(H,30,33). The van der Waals surface area contributed by atoms with E-state index in [1.807, 2.05) is 56.3 Å². The Balaban J connectivity index is 1.67. The lowest BCUT2D eigenvalue weighted by molar-refractivity contribution is -0.126. The molecule has 3 amide bonds. The third kappa shape index (κ3) is 6.09. The molecule has 2 aromatic heterocycles. The van der Waals surface area contributed by atoms with Gasteiger partial charge in [-0.1, -0.05) is 48.0 Å². The van der Waals surface area contributed by atoms with Crippen molar-refractivity contribution in [2.75, 3.05) is 11.4 Å². The Kier molecular flexibility index (Phi) is 7.97. The van der Waals surface area contributed by atoms with Crippen LogP contribution in [0.2, 0.25) is 0 Å². The van der Waals surface area contributed by atoms with Crippen molar-refractivity contribution in [1.82, 2.24) is 10.6 Å². The first kappa shape index (κ1) is 24.9. The predicted octanol–water partition coefficient (Wildman–Crippen LogP) is 4.78. The van der Waals surface area contributed by atoms with Crippen LogP contribution >= 0.6 is 11.3 Å². The molecule has 0 aliphatic heterocycles. The van der Waals surface area contributed by atoms with E-state index < -0.39 is 11.9 Å². The molecular weight excluding hydrogens is 474 g/mol. The molecular formula is C28H27N3O4S. The molecule has 4 aromatic rings. The monoisotopic (exact) mass is 501 g/mol. The first-order chi connectivity index (χ1) is 17.4. The summed E-state index contributed by atoms with van der Waals surface area (Å²) in [5, 5.41) is 7.38. The van der Waals surface area contributed by atoms with E-state index in [-0.39, 0.29) is 24.9 Å². The maximum Gasteiger partial charge on any atom is 0.261 e. The number of carbonyl (C=O) groups is 3. The van der Waals surface area contributed by atoms with Crippen molar-refractivity contribution in [2.24, 2.45) is 0 Å². The lowest BCUT2D eigenvalue weighted by Gasteiger charge is -2.32. The molecule has 0 bridgehead atoms. The van der Waals surface area contributed by atoms with Crippen molar-refractivity contribution < 1.29 is 18.8 Å². The Morgan fingerprint density at radius 1 is 0.917 bits per heavy atom. The topological polar surface area (TPSA) is 91.7 Å². The Bertz CT molecular complexity index is 1320. The minimum atomic E-state index is -0.964. The van der Waals surface area contributed by atoms with E-state index in [4.69, 9.17) is 4.42 Å². The zero-order valence-electron chi connectivity index (χ0n) is 20.1. The predicted molar refractivity (Wildman–Crippen MR) is 140 cm³/mol. The normalized spacial score (nSPS) is 11.5. The van der Waals surface area contributed by atoms with Crippen LogP contribution in [0.1, 0.15) is 38.2 Å². The van der Waals surface area contributed by atoms with Gasteiger partial charge in [0, 0.05) is 5.69 Å². The molecule has 8 heteroatoms. The second kappa shape index (κ2) is 11.5. The summed E-state index contributed by atoms with van der Waals surface area (Å²) < 4.78 is 5.35. The van der Waals surface area contributed by atoms with Crippen LogP contribution in [0.25, 0.3) is 0 Å². The van der Waals surface area contributed by atoms with E-state index >= 15 is 0 Å². The van der Waals surface area contributed by atoms with Gasteiger partial charge in [-0.15, -0.1) is 11.3 Å². The van der Waals surface area contributed by atoms with Crippen LogP contribution in [-0.4, -0.2) is 24.3 Å². The zero-order chi connectivity index (χ0) is 25.5. The number of thiophene rings is 1. The van der Waals surface area contributed by atoms with Crippen LogP contribution < -0.4 is 15.5 Å². The number of carbonyl (C=O) groups excluding carboxylic acids is 3. The first-order valence-electron chi connectivity index (χ1n) is 11.5. The fourth-order valence-electron chi connectivity index (χ4n) is 3.80. The highest BCUT2D eigenvalue weighted by Crippen LogP contribution is 2.29. The molecule has 36 heavy (non-hydrogen) atoms. The Labute approximate surface area is 213 Å². The van der Waals surface area contributed by atoms with Gasteiger partial charge in [-0.3, -0.25) is 19.3 Å². The van der Waals surface area contributed by atoms with Gasteiger partial charge >= 0.3 is 0 Å². The average Bonchev–Trinajstić information content (AvgIpc) is 3.60. The second-order valence-electron chi connectivity index (χ2n) is 8.37. The van der Waals surface area contributed by atoms with Gasteiger partial charge in [0.05, 0.1) is 24.2 Å². The Morgan fingerprint density at radius 2 is 1.72 bits per heavy atom. The van der Waals surface area contributed by atoms with Crippen LogP contribution in [-0.2, 0) is 16.1 Å². The fourth-order valence-corrected chi connectivity index (χ4v) is 4.44. The maximum atomic E-state index is 13.7. The number of nitrogens with zero attached hydrogens (tertiary/aromatic N) is 1. The second-order valence-corrected chi connectivity index (χ2v) is 9.32. The summed E-state index contributed by atoms with van der Waals surface area (Å²) in [5.41, 5.74) is 3.18. The summed E-state index contributed by atoms with van der Waals surface area (Å²) in [5.74, 6) is -0.515. The molecule has 2 N–H and O–H groups in total. The van der Waals surface area contributed by atoms with E-state index in [1.54, 1.807) is 35.7 Å². The van der Waals surface area contributed by atoms with Crippen molar-refractivity contribution in [3.05, 3.63) is 112 Å². The van der Waals surface area contributed by atoms with Crippen LogP contribution in [0.15, 0.2) is 88.9 Å². The molecule has 0 aliphatic carbocycles. The number of aryl methyl sites for hydroxylation is 2. The van der Waals surface area contributed by atoms with E-state index in [1.165, 1.54) is 22.5 Å². The van der Waals surface area contributed by atoms with Gasteiger partial charge in [0.1, 0.15) is 11.8 Å². The fraction of sp³-hybridized carbons (Fsp3) is 0.179. The van der Waals surface area contributed by atoms with Gasteiger partial charge < -0.3 is 15.1 Å². The van der Waals surface area contributed by atoms with Crippen molar-refractivity contribution in [1.29, 1.82) is 0 Å². The Hall–Kier alpha value is -4.17. The smallest absolute Gasteiger partial charge is 0.261 e. The molecule has 0 aliphatic rings. The molecule has 7 nitrogen and oxygen atoms in total. The SMILES string of the molecule is Cc1ccc(C(C(=O)NCc2ccco2)N(C(=O)CNC(=O)c2cccs2)c2cccc(C)c2)cc1. The number of furan rings is 1. The molecule has 184 valence electrons. The summed E-state index contributed by atoms with van der Waals surface area (Å²) in [6.07, 6.45) is 1.54. The van der Waals surface area contributed by atoms with Gasteiger partial charge in [-0.05, 0) is 60.7 Å². The molecule has 1 unspecified atom stereocenters. The van der Waals surface area contributed by atoms with Gasteiger partial charge in [-0.25, -0.2) is 0 Å². The number of hydrogen-bond donors (Lipinski definition) is 2. The van der Waals surface area contributed by atoms with Crippen LogP contribution in [0.5, 0.6) is 0 Å². The van der Waals surface area contributed by atoms with Gasteiger partial charge in [0.25, 0.3) is 5.91 Å². The van der Waals surface area contributed by atoms with Crippen LogP contribution in [0.3, 0.4) is 0 Å². The van der Waals surface area contributed by atoms with E-state index in [0.717, 1.165) is 11.1 Å². The number of hydrogen-bond acceptors (Lipinski definition) is 5. The number of nitrogens with one attached hydrogen (secondary N) is 2. The molecule has 0 fully saturated rings. The molecule has 0 saturated heterocycles. The van der Waals surface area contributed by atoms with E-state index in [9.17, 15) is 14.4 Å². The van der Waals surface area contributed by atoms with E-state index in [2.05, 4.69) is 10.6 Å². The minimum absolute atomic E-state index is 0.180. The minimum Gasteiger partial charge on any atom is -0.467 e. The summed E-state index contributed by atoms with van der Waals surface area (Å²) in [7, 11) is 0. The quantitative estimate of drug-likeness (QED) is 0.345. The molecule has 0 radical (unpaired) electrons. The van der Waals surface area contributed by atoms with Crippen LogP contribution in [0.4, 0.5) is 5.69 Å². The Morgan fingerprint density at radius 3 is 2.39 bits per heavy atom.